The summed E-state index contributed by atoms with van der Waals surface area (Å²) >= 11 is 0. The van der Waals surface area contributed by atoms with Crippen molar-refractivity contribution in [3.05, 3.63) is 167 Å². The molecule has 1 atom stereocenters. The number of anilines is 1. The van der Waals surface area contributed by atoms with E-state index >= 15 is 0 Å². The molecule has 6 aromatic carbocycles. The van der Waals surface area contributed by atoms with Crippen LogP contribution in [-0.2, 0) is 31.9 Å². The van der Waals surface area contributed by atoms with Crippen molar-refractivity contribution in [2.75, 3.05) is 11.4 Å². The number of rotatable bonds is 8. The zero-order valence-corrected chi connectivity index (χ0v) is 45.3. The van der Waals surface area contributed by atoms with Gasteiger partial charge in [0, 0.05) is 34.7 Å². The third-order valence-corrected chi connectivity index (χ3v) is 14.7. The number of hydrogen-bond acceptors (Lipinski definition) is 3. The second-order valence-corrected chi connectivity index (χ2v) is 22.8. The van der Waals surface area contributed by atoms with Crippen molar-refractivity contribution in [3.8, 4) is 22.5 Å². The summed E-state index contributed by atoms with van der Waals surface area (Å²) in [5.74, 6) is 2.27. The molecule has 1 aliphatic heterocycles. The first-order chi connectivity index (χ1) is 32.2. The molecule has 0 aliphatic carbocycles. The Bertz CT molecular complexity index is 3420. The maximum atomic E-state index is 5.90. The molecular formula is C63H67N5Pt. The van der Waals surface area contributed by atoms with E-state index in [1.165, 1.54) is 49.7 Å². The molecule has 4 heterocycles. The van der Waals surface area contributed by atoms with Crippen LogP contribution in [0.5, 0.6) is 0 Å². The molecule has 0 radical (unpaired) electrons. The van der Waals surface area contributed by atoms with Crippen LogP contribution in [-0.4, -0.2) is 32.0 Å². The molecule has 0 unspecified atom stereocenters. The van der Waals surface area contributed by atoms with Crippen LogP contribution in [0.4, 0.5) is 5.69 Å². The molecule has 0 saturated carbocycles. The zero-order chi connectivity index (χ0) is 48.2. The molecule has 5 nitrogen and oxygen atoms in total. The van der Waals surface area contributed by atoms with Crippen LogP contribution in [0.3, 0.4) is 0 Å². The van der Waals surface area contributed by atoms with E-state index in [0.29, 0.717) is 17.8 Å². The Morgan fingerprint density at radius 1 is 0.609 bits per heavy atom. The van der Waals surface area contributed by atoms with Crippen molar-refractivity contribution < 1.29 is 21.1 Å². The van der Waals surface area contributed by atoms with E-state index in [0.717, 1.165) is 68.0 Å². The van der Waals surface area contributed by atoms with E-state index in [2.05, 4.69) is 232 Å². The summed E-state index contributed by atoms with van der Waals surface area (Å²) in [5.41, 5.74) is 16.5. The van der Waals surface area contributed by atoms with Crippen LogP contribution < -0.4 is 4.90 Å². The van der Waals surface area contributed by atoms with Crippen molar-refractivity contribution in [2.45, 2.75) is 113 Å². The smallest absolute Gasteiger partial charge is 0.364 e. The van der Waals surface area contributed by atoms with Crippen LogP contribution in [0, 0.1) is 50.7 Å². The first-order valence-electron chi connectivity index (χ1n) is 24.7. The summed E-state index contributed by atoms with van der Waals surface area (Å²) < 4.78 is 4.70. The van der Waals surface area contributed by atoms with Gasteiger partial charge < -0.3 is 19.0 Å². The molecule has 1 aliphatic rings. The van der Waals surface area contributed by atoms with Crippen molar-refractivity contribution >= 4 is 55.3 Å². The number of benzene rings is 6. The number of aromatic nitrogens is 3. The maximum Gasteiger partial charge on any atom is 2.00 e. The molecule has 6 heteroatoms. The van der Waals surface area contributed by atoms with E-state index in [9.17, 15) is 0 Å². The topological polar surface area (TPSA) is 38.4 Å². The van der Waals surface area contributed by atoms with E-state index < -0.39 is 0 Å². The van der Waals surface area contributed by atoms with Crippen LogP contribution in [0.15, 0.2) is 126 Å². The number of hydrogen-bond donors (Lipinski definition) is 0. The molecule has 354 valence electrons. The monoisotopic (exact) mass is 1090 g/mol. The van der Waals surface area contributed by atoms with Gasteiger partial charge in [0.25, 0.3) is 0 Å². The van der Waals surface area contributed by atoms with Crippen molar-refractivity contribution in [1.29, 1.82) is 0 Å². The quantitative estimate of drug-likeness (QED) is 0.142. The number of fused-ring (bicyclic) bond motifs is 6. The van der Waals surface area contributed by atoms with Gasteiger partial charge in [-0.1, -0.05) is 154 Å². The number of nitrogens with zero attached hydrogens (tertiary/aromatic N) is 5. The fraction of sp³-hybridized carbons (Fsp3) is 0.333. The Morgan fingerprint density at radius 2 is 1.26 bits per heavy atom. The van der Waals surface area contributed by atoms with Crippen molar-refractivity contribution in [1.82, 2.24) is 14.1 Å². The Labute approximate surface area is 425 Å². The van der Waals surface area contributed by atoms with Crippen LogP contribution in [0.1, 0.15) is 110 Å². The molecule has 0 amide bonds. The fourth-order valence-corrected chi connectivity index (χ4v) is 11.7. The second-order valence-electron chi connectivity index (χ2n) is 22.8. The molecule has 69 heavy (non-hydrogen) atoms. The van der Waals surface area contributed by atoms with Gasteiger partial charge in [0.15, 0.2) is 0 Å². The third kappa shape index (κ3) is 8.47. The maximum absolute atomic E-state index is 5.90. The Hall–Kier alpha value is -5.77. The summed E-state index contributed by atoms with van der Waals surface area (Å²) in [5, 5.41) is 4.66. The van der Waals surface area contributed by atoms with Gasteiger partial charge in [-0.15, -0.1) is 46.3 Å². The zero-order valence-electron chi connectivity index (χ0n) is 43.0. The van der Waals surface area contributed by atoms with Gasteiger partial charge in [-0.3, -0.25) is 0 Å². The van der Waals surface area contributed by atoms with Crippen LogP contribution in [0.2, 0.25) is 0 Å². The van der Waals surface area contributed by atoms with Gasteiger partial charge >= 0.3 is 21.1 Å². The Kier molecular flexibility index (Phi) is 12.3. The number of amidine groups is 1. The molecule has 0 N–H and O–H groups in total. The SMILES string of the molecule is Cc1cc(C2=N[C@](C)(C(C(C)C)C(C)C)CN2c2cc(C(C)(C)C)cc(C(C)(C)C)c2)[c-]c(-n2c3[c-]c(-n4c5ccc(-c6ccccc6)cc5c5cccnc54)c(C)cc3c3cc(C)ccc32)c1.[Pt+2]. The van der Waals surface area contributed by atoms with Crippen molar-refractivity contribution in [3.63, 3.8) is 0 Å². The van der Waals surface area contributed by atoms with Crippen LogP contribution in [0.25, 0.3) is 66.2 Å². The predicted molar refractivity (Wildman–Crippen MR) is 290 cm³/mol. The van der Waals surface area contributed by atoms with Gasteiger partial charge in [-0.25, -0.2) is 4.98 Å². The van der Waals surface area contributed by atoms with E-state index in [-0.39, 0.29) is 37.4 Å². The second kappa shape index (κ2) is 17.6. The minimum atomic E-state index is -0.322. The third-order valence-electron chi connectivity index (χ3n) is 14.7. The average Bonchev–Trinajstić information content (AvgIpc) is 3.92. The number of aliphatic imine (C=N–C) groups is 1. The number of aryl methyl sites for hydroxylation is 3. The van der Waals surface area contributed by atoms with Gasteiger partial charge in [-0.05, 0) is 118 Å². The van der Waals surface area contributed by atoms with E-state index in [4.69, 9.17) is 9.98 Å². The first-order valence-corrected chi connectivity index (χ1v) is 24.7. The molecular weight excluding hydrogens is 1020 g/mol. The number of pyridine rings is 1. The summed E-state index contributed by atoms with van der Waals surface area (Å²) in [6.45, 7) is 33.2. The first kappa shape index (κ1) is 48.3. The standard InChI is InChI=1S/C63H67N5.Pt/c1-38(2)58(39(3)4)63(14)37-66(48-34-46(61(8,9)10)33-47(35-48)62(11,12)13)59(65-63)45-27-41(6)28-49(31-45)67-54-24-22-40(5)29-51(54)52-30-42(7)56(36-57(52)67)68-55-25-23-44(43-19-16-15-17-20-43)32-53(55)50-21-18-26-64-60(50)68;/h15-30,32-35,38-39,58H,37H2,1-14H3;/q-2;+2/t63-;/m0./s1. The van der Waals surface area contributed by atoms with Gasteiger partial charge in [0.05, 0.1) is 16.9 Å². The Balaban J connectivity index is 0.00000593. The normalized spacial score (nSPS) is 15.7. The molecule has 3 aromatic heterocycles. The fourth-order valence-electron chi connectivity index (χ4n) is 11.7. The minimum absolute atomic E-state index is 0. The summed E-state index contributed by atoms with van der Waals surface area (Å²) in [6.07, 6.45) is 1.90. The van der Waals surface area contributed by atoms with Crippen LogP contribution >= 0.6 is 0 Å². The predicted octanol–water partition coefficient (Wildman–Crippen LogP) is 16.0. The molecule has 0 fully saturated rings. The summed E-state index contributed by atoms with van der Waals surface area (Å²) in [4.78, 5) is 13.5. The van der Waals surface area contributed by atoms with Gasteiger partial charge in [0.2, 0.25) is 0 Å². The van der Waals surface area contributed by atoms with Gasteiger partial charge in [-0.2, -0.15) is 6.07 Å². The largest absolute Gasteiger partial charge is 2.00 e. The summed E-state index contributed by atoms with van der Waals surface area (Å²) in [7, 11) is 0. The molecule has 9 aromatic rings. The molecule has 10 rings (SSSR count). The van der Waals surface area contributed by atoms with E-state index in [1.54, 1.807) is 0 Å². The minimum Gasteiger partial charge on any atom is -0.364 e. The van der Waals surface area contributed by atoms with Gasteiger partial charge in [0.1, 0.15) is 5.65 Å². The summed E-state index contributed by atoms with van der Waals surface area (Å²) in [6, 6.07) is 50.8. The average molecular weight is 1090 g/mol. The molecule has 0 spiro atoms. The Morgan fingerprint density at radius 3 is 1.93 bits per heavy atom. The van der Waals surface area contributed by atoms with Crippen molar-refractivity contribution in [2.24, 2.45) is 22.7 Å². The molecule has 0 bridgehead atoms. The van der Waals surface area contributed by atoms with E-state index in [1.807, 2.05) is 12.3 Å². The molecule has 0 saturated heterocycles.